The lowest BCUT2D eigenvalue weighted by atomic mass is 10.1. The van der Waals surface area contributed by atoms with Crippen LogP contribution in [0.15, 0.2) is 128 Å². The summed E-state index contributed by atoms with van der Waals surface area (Å²) in [6.07, 6.45) is 2.51. The molecule has 3 amide bonds. The highest BCUT2D eigenvalue weighted by Gasteiger charge is 2.30. The first-order valence-corrected chi connectivity index (χ1v) is 16.3. The lowest BCUT2D eigenvalue weighted by molar-refractivity contribution is -0.147. The van der Waals surface area contributed by atoms with Gasteiger partial charge in [0.15, 0.2) is 0 Å². The zero-order valence-electron chi connectivity index (χ0n) is 27.7. The molecule has 0 aliphatic rings. The van der Waals surface area contributed by atoms with E-state index in [2.05, 4.69) is 9.97 Å². The molecule has 0 saturated heterocycles. The Hall–Kier alpha value is -5.78. The van der Waals surface area contributed by atoms with Crippen molar-refractivity contribution in [1.82, 2.24) is 19.8 Å². The highest BCUT2D eigenvalue weighted by atomic mass is 16.6. The molecule has 0 aliphatic carbocycles. The number of carbonyl (C=O) groups excluding carboxylic acids is 3. The molecule has 11 heteroatoms. The molecule has 0 unspecified atom stereocenters. The van der Waals surface area contributed by atoms with Crippen LogP contribution >= 0.6 is 0 Å². The average Bonchev–Trinajstić information content (AvgIpc) is 3.67. The van der Waals surface area contributed by atoms with Crippen molar-refractivity contribution in [1.29, 1.82) is 0 Å². The van der Waals surface area contributed by atoms with E-state index in [1.807, 2.05) is 91.0 Å². The maximum absolute atomic E-state index is 14.0. The third-order valence-electron chi connectivity index (χ3n) is 7.80. The van der Waals surface area contributed by atoms with E-state index in [4.69, 9.17) is 19.9 Å². The largest absolute Gasteiger partial charge is 0.489 e. The molecule has 0 saturated carbocycles. The number of amides is 3. The minimum Gasteiger partial charge on any atom is -0.489 e. The van der Waals surface area contributed by atoms with Crippen LogP contribution < -0.4 is 10.5 Å². The van der Waals surface area contributed by atoms with Crippen LogP contribution in [-0.2, 0) is 51.8 Å². The second-order valence-corrected chi connectivity index (χ2v) is 11.6. The summed E-state index contributed by atoms with van der Waals surface area (Å²) >= 11 is 0. The van der Waals surface area contributed by atoms with Gasteiger partial charge in [-0.1, -0.05) is 103 Å². The Bertz CT molecular complexity index is 1750. The third-order valence-corrected chi connectivity index (χ3v) is 7.80. The Morgan fingerprint density at radius 1 is 0.740 bits per heavy atom. The second-order valence-electron chi connectivity index (χ2n) is 11.6. The molecule has 0 aliphatic heterocycles. The Morgan fingerprint density at radius 2 is 1.34 bits per heavy atom. The van der Waals surface area contributed by atoms with Crippen LogP contribution in [0.3, 0.4) is 0 Å². The van der Waals surface area contributed by atoms with E-state index in [-0.39, 0.29) is 32.7 Å². The first-order valence-electron chi connectivity index (χ1n) is 16.3. The van der Waals surface area contributed by atoms with E-state index in [0.29, 0.717) is 30.2 Å². The minimum absolute atomic E-state index is 0.0195. The number of benzene rings is 4. The van der Waals surface area contributed by atoms with Crippen LogP contribution in [0.4, 0.5) is 4.79 Å². The van der Waals surface area contributed by atoms with Gasteiger partial charge in [0.1, 0.15) is 25.5 Å². The number of hydrogen-bond donors (Lipinski definition) is 2. The first-order chi connectivity index (χ1) is 24.4. The molecular formula is C39H41N5O6. The maximum Gasteiger partial charge on any atom is 0.410 e. The SMILES string of the molecule is N[C@@H](Cc1cnc[nH]1)C(=O)N(Cc1ccc(OCc2ccccc2)cc1)C(=O)CN(CCOCc1ccccc1)C(=O)OCc1ccccc1. The first kappa shape index (κ1) is 35.5. The molecule has 3 N–H and O–H groups in total. The maximum atomic E-state index is 14.0. The fourth-order valence-corrected chi connectivity index (χ4v) is 5.06. The number of rotatable bonds is 17. The molecule has 1 aromatic heterocycles. The van der Waals surface area contributed by atoms with Gasteiger partial charge >= 0.3 is 6.09 Å². The number of nitrogens with zero attached hydrogens (tertiary/aromatic N) is 3. The lowest BCUT2D eigenvalue weighted by Gasteiger charge is -2.28. The summed E-state index contributed by atoms with van der Waals surface area (Å²) in [7, 11) is 0. The van der Waals surface area contributed by atoms with Crippen LogP contribution in [-0.4, -0.2) is 63.4 Å². The average molecular weight is 676 g/mol. The summed E-state index contributed by atoms with van der Waals surface area (Å²) in [5.41, 5.74) is 10.5. The Balaban J connectivity index is 1.29. The van der Waals surface area contributed by atoms with Crippen LogP contribution in [0.2, 0.25) is 0 Å². The Kier molecular flexibility index (Phi) is 13.3. The number of imidazole rings is 1. The van der Waals surface area contributed by atoms with Crippen LogP contribution in [0, 0.1) is 0 Å². The van der Waals surface area contributed by atoms with Gasteiger partial charge in [-0.3, -0.25) is 19.4 Å². The quantitative estimate of drug-likeness (QED) is 0.127. The number of carbonyl (C=O) groups is 3. The fraction of sp³-hybridized carbons (Fsp3) is 0.231. The van der Waals surface area contributed by atoms with Gasteiger partial charge in [0.2, 0.25) is 11.8 Å². The molecule has 11 nitrogen and oxygen atoms in total. The molecule has 5 aromatic rings. The number of imide groups is 1. The van der Waals surface area contributed by atoms with Gasteiger partial charge in [-0.15, -0.1) is 0 Å². The molecule has 50 heavy (non-hydrogen) atoms. The summed E-state index contributed by atoms with van der Waals surface area (Å²) in [6, 6.07) is 34.8. The van der Waals surface area contributed by atoms with E-state index < -0.39 is 30.5 Å². The summed E-state index contributed by atoms with van der Waals surface area (Å²) in [6.45, 7) is 0.457. The molecule has 4 aromatic carbocycles. The van der Waals surface area contributed by atoms with Gasteiger partial charge in [-0.2, -0.15) is 0 Å². The zero-order valence-corrected chi connectivity index (χ0v) is 27.7. The number of aromatic nitrogens is 2. The topological polar surface area (TPSA) is 140 Å². The van der Waals surface area contributed by atoms with Gasteiger partial charge in [0.25, 0.3) is 0 Å². The normalized spacial score (nSPS) is 11.4. The van der Waals surface area contributed by atoms with Crippen molar-refractivity contribution in [3.05, 3.63) is 156 Å². The number of H-pyrrole nitrogens is 1. The number of nitrogens with two attached hydrogens (primary N) is 1. The van der Waals surface area contributed by atoms with Crippen molar-refractivity contribution in [3.63, 3.8) is 0 Å². The van der Waals surface area contributed by atoms with Crippen molar-refractivity contribution in [2.45, 2.75) is 38.8 Å². The van der Waals surface area contributed by atoms with Gasteiger partial charge < -0.3 is 24.9 Å². The molecule has 0 bridgehead atoms. The summed E-state index contributed by atoms with van der Waals surface area (Å²) in [4.78, 5) is 50.4. The number of nitrogens with one attached hydrogen (secondary N) is 1. The third kappa shape index (κ3) is 11.1. The summed E-state index contributed by atoms with van der Waals surface area (Å²) in [5.74, 6) is -0.563. The minimum atomic E-state index is -1.04. The van der Waals surface area contributed by atoms with E-state index >= 15 is 0 Å². The Labute approximate surface area is 291 Å². The predicted octanol–water partition coefficient (Wildman–Crippen LogP) is 5.27. The van der Waals surface area contributed by atoms with Crippen molar-refractivity contribution in [2.24, 2.45) is 5.73 Å². The molecule has 0 spiro atoms. The summed E-state index contributed by atoms with van der Waals surface area (Å²) < 4.78 is 17.3. The van der Waals surface area contributed by atoms with Crippen molar-refractivity contribution in [2.75, 3.05) is 19.7 Å². The lowest BCUT2D eigenvalue weighted by Crippen LogP contribution is -2.51. The van der Waals surface area contributed by atoms with Crippen molar-refractivity contribution < 1.29 is 28.6 Å². The molecule has 1 heterocycles. The zero-order chi connectivity index (χ0) is 35.0. The standard InChI is InChI=1S/C39H41N5O6/c40-36(22-34-23-41-29-42-34)38(46)44(24-30-16-18-35(19-17-30)49-27-32-12-6-2-7-13-32)37(45)25-43(20-21-48-26-31-10-4-1-5-11-31)39(47)50-28-33-14-8-3-9-15-33/h1-19,23,29,36H,20-22,24-28,40H2,(H,41,42)/t36-/m0/s1. The highest BCUT2D eigenvalue weighted by molar-refractivity contribution is 5.99. The monoisotopic (exact) mass is 675 g/mol. The number of ether oxygens (including phenoxy) is 3. The molecule has 0 radical (unpaired) electrons. The van der Waals surface area contributed by atoms with E-state index in [1.54, 1.807) is 30.5 Å². The van der Waals surface area contributed by atoms with Crippen LogP contribution in [0.1, 0.15) is 27.9 Å². The number of hydrogen-bond acceptors (Lipinski definition) is 8. The molecular weight excluding hydrogens is 634 g/mol. The highest BCUT2D eigenvalue weighted by Crippen LogP contribution is 2.17. The smallest absolute Gasteiger partial charge is 0.410 e. The van der Waals surface area contributed by atoms with Gasteiger partial charge in [0.05, 0.1) is 32.1 Å². The van der Waals surface area contributed by atoms with Crippen molar-refractivity contribution in [3.8, 4) is 5.75 Å². The second kappa shape index (κ2) is 18.7. The van der Waals surface area contributed by atoms with E-state index in [1.165, 1.54) is 11.2 Å². The molecule has 0 fully saturated rings. The molecule has 1 atom stereocenters. The van der Waals surface area contributed by atoms with E-state index in [0.717, 1.165) is 21.6 Å². The molecule has 5 rings (SSSR count). The fourth-order valence-electron chi connectivity index (χ4n) is 5.06. The summed E-state index contributed by atoms with van der Waals surface area (Å²) in [5, 5.41) is 0. The van der Waals surface area contributed by atoms with Crippen LogP contribution in [0.5, 0.6) is 5.75 Å². The van der Waals surface area contributed by atoms with Crippen LogP contribution in [0.25, 0.3) is 0 Å². The van der Waals surface area contributed by atoms with E-state index in [9.17, 15) is 14.4 Å². The number of aromatic amines is 1. The van der Waals surface area contributed by atoms with Gasteiger partial charge in [-0.05, 0) is 34.4 Å². The van der Waals surface area contributed by atoms with Gasteiger partial charge in [0, 0.05) is 24.9 Å². The Morgan fingerprint density at radius 3 is 1.94 bits per heavy atom. The van der Waals surface area contributed by atoms with Crippen molar-refractivity contribution >= 4 is 17.9 Å². The molecule has 258 valence electrons. The van der Waals surface area contributed by atoms with Gasteiger partial charge in [-0.25, -0.2) is 9.78 Å². The predicted molar refractivity (Wildman–Crippen MR) is 187 cm³/mol.